The van der Waals surface area contributed by atoms with Crippen molar-refractivity contribution >= 4 is 27.7 Å². The van der Waals surface area contributed by atoms with Crippen LogP contribution in [0.5, 0.6) is 17.4 Å². The van der Waals surface area contributed by atoms with Gasteiger partial charge in [0.1, 0.15) is 23.1 Å². The second-order valence-corrected chi connectivity index (χ2v) is 10.2. The highest BCUT2D eigenvalue weighted by Gasteiger charge is 2.32. The molecule has 0 aliphatic rings. The SMILES string of the molecule is COCCOc1ccc(/C=C/CS(=O)(=O)NCCc2ccccc2)c(Oc2ncc(C(F)(F)F)cc2Cl)c1. The van der Waals surface area contributed by atoms with Crippen molar-refractivity contribution in [3.63, 3.8) is 0 Å². The number of methoxy groups -OCH3 is 1. The number of sulfonamides is 1. The fourth-order valence-electron chi connectivity index (χ4n) is 3.19. The van der Waals surface area contributed by atoms with Gasteiger partial charge in [-0.15, -0.1) is 0 Å². The largest absolute Gasteiger partial charge is 0.491 e. The van der Waals surface area contributed by atoms with E-state index in [9.17, 15) is 21.6 Å². The van der Waals surface area contributed by atoms with E-state index >= 15 is 0 Å². The van der Waals surface area contributed by atoms with Crippen LogP contribution in [0.2, 0.25) is 5.02 Å². The zero-order valence-corrected chi connectivity index (χ0v) is 21.9. The second-order valence-electron chi connectivity index (χ2n) is 7.97. The highest BCUT2D eigenvalue weighted by Crippen LogP contribution is 2.36. The molecule has 1 heterocycles. The molecule has 38 heavy (non-hydrogen) atoms. The van der Waals surface area contributed by atoms with Crippen LogP contribution >= 0.6 is 11.6 Å². The third-order valence-electron chi connectivity index (χ3n) is 5.07. The summed E-state index contributed by atoms with van der Waals surface area (Å²) in [5.74, 6) is -0.00201. The molecular weight excluding hydrogens is 545 g/mol. The molecule has 0 fully saturated rings. The van der Waals surface area contributed by atoms with E-state index in [-0.39, 0.29) is 35.6 Å². The third kappa shape index (κ3) is 9.32. The minimum absolute atomic E-state index is 0.153. The van der Waals surface area contributed by atoms with E-state index < -0.39 is 21.8 Å². The quantitative estimate of drug-likeness (QED) is 0.264. The average molecular weight is 571 g/mol. The maximum atomic E-state index is 13.0. The Morgan fingerprint density at radius 3 is 2.53 bits per heavy atom. The van der Waals surface area contributed by atoms with Crippen molar-refractivity contribution in [3.05, 3.63) is 88.6 Å². The van der Waals surface area contributed by atoms with Crippen molar-refractivity contribution in [3.8, 4) is 17.4 Å². The molecule has 0 radical (unpaired) electrons. The van der Waals surface area contributed by atoms with Crippen LogP contribution in [0.3, 0.4) is 0 Å². The van der Waals surface area contributed by atoms with Gasteiger partial charge in [-0.25, -0.2) is 18.1 Å². The summed E-state index contributed by atoms with van der Waals surface area (Å²) in [6.45, 7) is 0.830. The van der Waals surface area contributed by atoms with Crippen LogP contribution in [0, 0.1) is 0 Å². The van der Waals surface area contributed by atoms with Gasteiger partial charge in [0.15, 0.2) is 0 Å². The number of pyridine rings is 1. The predicted octanol–water partition coefficient (Wildman–Crippen LogP) is 5.75. The lowest BCUT2D eigenvalue weighted by Gasteiger charge is -2.13. The van der Waals surface area contributed by atoms with Crippen molar-refractivity contribution in [1.82, 2.24) is 9.71 Å². The molecule has 0 amide bonds. The molecule has 0 aliphatic carbocycles. The maximum absolute atomic E-state index is 13.0. The number of ether oxygens (including phenoxy) is 3. The molecule has 0 unspecified atom stereocenters. The van der Waals surface area contributed by atoms with Crippen LogP contribution in [-0.2, 0) is 27.4 Å². The molecule has 0 bridgehead atoms. The summed E-state index contributed by atoms with van der Waals surface area (Å²) in [6, 6.07) is 14.9. The number of hydrogen-bond acceptors (Lipinski definition) is 6. The molecule has 12 heteroatoms. The molecular formula is C26H26ClF3N2O5S. The van der Waals surface area contributed by atoms with Gasteiger partial charge in [-0.2, -0.15) is 13.2 Å². The lowest BCUT2D eigenvalue weighted by Crippen LogP contribution is -2.27. The van der Waals surface area contributed by atoms with Crippen molar-refractivity contribution in [2.45, 2.75) is 12.6 Å². The summed E-state index contributed by atoms with van der Waals surface area (Å²) in [5, 5.41) is -0.342. The van der Waals surface area contributed by atoms with Crippen molar-refractivity contribution in [2.75, 3.05) is 32.6 Å². The van der Waals surface area contributed by atoms with E-state index in [1.807, 2.05) is 30.3 Å². The first-order valence-electron chi connectivity index (χ1n) is 11.4. The van der Waals surface area contributed by atoms with E-state index in [0.29, 0.717) is 36.6 Å². The number of nitrogens with zero attached hydrogens (tertiary/aromatic N) is 1. The van der Waals surface area contributed by atoms with Crippen molar-refractivity contribution in [2.24, 2.45) is 0 Å². The zero-order chi connectivity index (χ0) is 27.6. The highest BCUT2D eigenvalue weighted by molar-refractivity contribution is 7.89. The average Bonchev–Trinajstić information content (AvgIpc) is 2.86. The topological polar surface area (TPSA) is 86.8 Å². The van der Waals surface area contributed by atoms with E-state index in [1.54, 1.807) is 12.1 Å². The van der Waals surface area contributed by atoms with Gasteiger partial charge in [0.2, 0.25) is 15.9 Å². The number of alkyl halides is 3. The van der Waals surface area contributed by atoms with Gasteiger partial charge in [0, 0.05) is 31.5 Å². The van der Waals surface area contributed by atoms with Crippen LogP contribution < -0.4 is 14.2 Å². The van der Waals surface area contributed by atoms with Gasteiger partial charge in [0.05, 0.1) is 17.9 Å². The zero-order valence-electron chi connectivity index (χ0n) is 20.4. The Kier molecular flexibility index (Phi) is 10.5. The van der Waals surface area contributed by atoms with Crippen molar-refractivity contribution in [1.29, 1.82) is 0 Å². The smallest absolute Gasteiger partial charge is 0.417 e. The highest BCUT2D eigenvalue weighted by atomic mass is 35.5. The molecule has 2 aromatic carbocycles. The van der Waals surface area contributed by atoms with Gasteiger partial charge in [0.25, 0.3) is 0 Å². The minimum atomic E-state index is -4.61. The number of halogens is 4. The van der Waals surface area contributed by atoms with Crippen LogP contribution in [-0.4, -0.2) is 46.0 Å². The van der Waals surface area contributed by atoms with Gasteiger partial charge >= 0.3 is 6.18 Å². The molecule has 1 aromatic heterocycles. The molecule has 0 saturated heterocycles. The van der Waals surface area contributed by atoms with Crippen molar-refractivity contribution < 1.29 is 35.8 Å². The molecule has 204 valence electrons. The Bertz CT molecular complexity index is 1340. The van der Waals surface area contributed by atoms with Crippen LogP contribution in [0.25, 0.3) is 6.08 Å². The standard InChI is InChI=1S/C26H26ClF3N2O5S/c1-35-13-14-36-22-10-9-20(8-5-15-38(33,34)32-12-11-19-6-3-2-4-7-19)24(17-22)37-25-23(27)16-21(18-31-25)26(28,29)30/h2-10,16-18,32H,11-15H2,1H3/b8-5+. The van der Waals surface area contributed by atoms with E-state index in [2.05, 4.69) is 9.71 Å². The van der Waals surface area contributed by atoms with Gasteiger partial charge in [-0.1, -0.05) is 54.1 Å². The fraction of sp³-hybridized carbons (Fsp3) is 0.269. The predicted molar refractivity (Wildman–Crippen MR) is 139 cm³/mol. The molecule has 3 rings (SSSR count). The van der Waals surface area contributed by atoms with Gasteiger partial charge in [-0.3, -0.25) is 0 Å². The summed E-state index contributed by atoms with van der Waals surface area (Å²) in [6.07, 6.45) is -0.502. The Labute approximate surface area is 224 Å². The van der Waals surface area contributed by atoms with Crippen LogP contribution in [0.1, 0.15) is 16.7 Å². The second kappa shape index (κ2) is 13.6. The summed E-state index contributed by atoms with van der Waals surface area (Å²) < 4.78 is 82.5. The summed E-state index contributed by atoms with van der Waals surface area (Å²) >= 11 is 6.00. The first-order valence-corrected chi connectivity index (χ1v) is 13.4. The molecule has 0 saturated carbocycles. The number of benzene rings is 2. The fourth-order valence-corrected chi connectivity index (χ4v) is 4.27. The summed E-state index contributed by atoms with van der Waals surface area (Å²) in [4.78, 5) is 3.70. The number of aromatic nitrogens is 1. The Balaban J connectivity index is 1.74. The molecule has 1 N–H and O–H groups in total. The normalized spacial score (nSPS) is 12.1. The Morgan fingerprint density at radius 2 is 1.84 bits per heavy atom. The van der Waals surface area contributed by atoms with Crippen LogP contribution in [0.4, 0.5) is 13.2 Å². The van der Waals surface area contributed by atoms with Gasteiger partial charge < -0.3 is 14.2 Å². The van der Waals surface area contributed by atoms with E-state index in [4.69, 9.17) is 25.8 Å². The van der Waals surface area contributed by atoms with Crippen LogP contribution in [0.15, 0.2) is 66.9 Å². The van der Waals surface area contributed by atoms with Gasteiger partial charge in [-0.05, 0) is 30.2 Å². The Hall–Kier alpha value is -3.12. The lowest BCUT2D eigenvalue weighted by atomic mass is 10.1. The molecule has 0 spiro atoms. The van der Waals surface area contributed by atoms with E-state index in [0.717, 1.165) is 5.56 Å². The number of nitrogens with one attached hydrogen (secondary N) is 1. The first kappa shape index (κ1) is 29.4. The minimum Gasteiger partial charge on any atom is -0.491 e. The number of hydrogen-bond donors (Lipinski definition) is 1. The number of rotatable bonds is 13. The lowest BCUT2D eigenvalue weighted by molar-refractivity contribution is -0.137. The third-order valence-corrected chi connectivity index (χ3v) is 6.62. The molecule has 3 aromatic rings. The molecule has 7 nitrogen and oxygen atoms in total. The molecule has 0 atom stereocenters. The monoisotopic (exact) mass is 570 g/mol. The van der Waals surface area contributed by atoms with E-state index in [1.165, 1.54) is 25.3 Å². The maximum Gasteiger partial charge on any atom is 0.417 e. The summed E-state index contributed by atoms with van der Waals surface area (Å²) in [7, 11) is -2.08. The first-order chi connectivity index (χ1) is 18.1. The summed E-state index contributed by atoms with van der Waals surface area (Å²) in [5.41, 5.74) is 0.425. The Morgan fingerprint density at radius 1 is 1.08 bits per heavy atom. The molecule has 0 aliphatic heterocycles.